The van der Waals surface area contributed by atoms with Crippen LogP contribution in [0.1, 0.15) is 151 Å². The minimum Gasteiger partial charge on any atom is -0.420 e. The topological polar surface area (TPSA) is 277 Å². The summed E-state index contributed by atoms with van der Waals surface area (Å²) in [6.07, 6.45) is 16.4. The number of oxazole rings is 1. The lowest BCUT2D eigenvalue weighted by molar-refractivity contribution is 0.0933. The number of aromatic nitrogens is 12. The van der Waals surface area contributed by atoms with Crippen molar-refractivity contribution >= 4 is 112 Å². The van der Waals surface area contributed by atoms with Gasteiger partial charge in [-0.25, -0.2) is 4.98 Å². The Kier molecular flexibility index (Phi) is 28.3. The third-order valence-corrected chi connectivity index (χ3v) is 24.4. The predicted octanol–water partition coefficient (Wildman–Crippen LogP) is 14.2. The zero-order valence-corrected chi connectivity index (χ0v) is 68.6. The maximum Gasteiger partial charge on any atom is 0.297 e. The molecule has 16 rings (SSSR count). The van der Waals surface area contributed by atoms with E-state index >= 15 is 0 Å². The van der Waals surface area contributed by atoms with Crippen LogP contribution in [0.25, 0.3) is 43.6 Å². The highest BCUT2D eigenvalue weighted by atomic mass is 32.1. The van der Waals surface area contributed by atoms with Gasteiger partial charge in [-0.2, -0.15) is 4.98 Å². The Bertz CT molecular complexity index is 4650. The molecule has 5 N–H and O–H groups in total. The van der Waals surface area contributed by atoms with Crippen molar-refractivity contribution in [2.75, 3.05) is 150 Å². The molecule has 0 radical (unpaired) electrons. The number of para-hydroxylation sites is 4. The van der Waals surface area contributed by atoms with Crippen molar-refractivity contribution in [1.29, 1.82) is 0 Å². The number of rotatable bonds is 29. The molecule has 4 aliphatic rings. The Morgan fingerprint density at radius 1 is 0.416 bits per heavy atom. The van der Waals surface area contributed by atoms with Crippen molar-refractivity contribution in [2.45, 2.75) is 113 Å². The molecular weight excluding hydrogens is 1460 g/mol. The highest BCUT2D eigenvalue weighted by molar-refractivity contribution is 7.17. The Balaban J connectivity index is 0.000000132. The van der Waals surface area contributed by atoms with Crippen LogP contribution < -0.4 is 19.6 Å². The average Bonchev–Trinajstić information content (AvgIpc) is 1.65. The summed E-state index contributed by atoms with van der Waals surface area (Å²) in [5.41, 5.74) is 9.61. The normalized spacial score (nSPS) is 16.5. The third-order valence-electron chi connectivity index (χ3n) is 22.4. The first kappa shape index (κ1) is 81.3. The number of benzene rings is 4. The number of hydrogen-bond acceptors (Lipinski definition) is 22. The first-order chi connectivity index (χ1) is 55.0. The second-order valence-electron chi connectivity index (χ2n) is 31.0. The van der Waals surface area contributed by atoms with E-state index in [1.807, 2.05) is 48.8 Å². The SMILES string of the molecule is CCCN1CCN(c2nnc(C(=O)CC(C)Cc3c[nH]c4ccccc34)s2)CC1.CCN1CCN(c2n[nH]c(C(=O)CC(C)Cc3c[nH]c4ccccc34)n2)CC1.CCN1CCN(c2ncc(C(=O)CC(C)Cc3c[nH]c4ccccc34)o2)CC1.CCN1CCN(c2nnc(C(=O)CC(C)Cc3c[nH]c4ccccc34)s2)CC1. The van der Waals surface area contributed by atoms with Gasteiger partial charge in [-0.3, -0.25) is 29.2 Å². The minimum absolute atomic E-state index is 0.0262. The van der Waals surface area contributed by atoms with Gasteiger partial charge in [0, 0.05) is 199 Å². The molecule has 25 nitrogen and oxygen atoms in total. The summed E-state index contributed by atoms with van der Waals surface area (Å²) in [5.74, 6) is 2.62. The van der Waals surface area contributed by atoms with Crippen molar-refractivity contribution in [3.8, 4) is 0 Å². The summed E-state index contributed by atoms with van der Waals surface area (Å²) in [6.45, 7) is 37.2. The largest absolute Gasteiger partial charge is 0.420 e. The number of nitrogens with zero attached hydrogens (tertiary/aromatic N) is 15. The Hall–Kier alpha value is -9.77. The van der Waals surface area contributed by atoms with E-state index in [0.29, 0.717) is 59.2 Å². The molecule has 4 fully saturated rings. The third kappa shape index (κ3) is 21.4. The van der Waals surface area contributed by atoms with Crippen molar-refractivity contribution in [3.05, 3.63) is 172 Å². The van der Waals surface area contributed by atoms with Gasteiger partial charge in [0.1, 0.15) is 0 Å². The van der Waals surface area contributed by atoms with Gasteiger partial charge in [0.25, 0.3) is 6.01 Å². The van der Waals surface area contributed by atoms with E-state index in [9.17, 15) is 19.2 Å². The average molecular weight is 1570 g/mol. The summed E-state index contributed by atoms with van der Waals surface area (Å²) in [7, 11) is 0. The lowest BCUT2D eigenvalue weighted by Crippen LogP contribution is -2.46. The summed E-state index contributed by atoms with van der Waals surface area (Å²) < 4.78 is 5.80. The quantitative estimate of drug-likeness (QED) is 0.0272. The lowest BCUT2D eigenvalue weighted by Gasteiger charge is -2.34. The molecule has 12 heterocycles. The fraction of sp³-hybridized carbons (Fsp3) is 0.477. The van der Waals surface area contributed by atoms with E-state index in [0.717, 1.165) is 189 Å². The highest BCUT2D eigenvalue weighted by Gasteiger charge is 2.28. The molecule has 0 aliphatic carbocycles. The molecule has 12 aromatic rings. The molecule has 0 saturated carbocycles. The number of Topliss-reactive ketones (excluding diaryl/α,β-unsaturated/α-hetero) is 4. The van der Waals surface area contributed by atoms with Crippen LogP contribution in [-0.4, -0.2) is 234 Å². The number of aromatic amines is 5. The van der Waals surface area contributed by atoms with Gasteiger partial charge in [-0.15, -0.1) is 25.5 Å². The summed E-state index contributed by atoms with van der Waals surface area (Å²) in [5, 5.41) is 31.9. The van der Waals surface area contributed by atoms with Crippen LogP contribution in [0.2, 0.25) is 0 Å². The van der Waals surface area contributed by atoms with Crippen molar-refractivity contribution in [1.82, 2.24) is 80.1 Å². The van der Waals surface area contributed by atoms with Crippen LogP contribution in [0.5, 0.6) is 0 Å². The number of ketones is 4. The molecular formula is C86H112N20O5S2. The van der Waals surface area contributed by atoms with Crippen LogP contribution in [0.15, 0.2) is 132 Å². The number of carbonyl (C=O) groups is 4. The van der Waals surface area contributed by atoms with Crippen molar-refractivity contribution < 1.29 is 23.6 Å². The van der Waals surface area contributed by atoms with Gasteiger partial charge in [0.05, 0.1) is 6.20 Å². The molecule has 4 atom stereocenters. The van der Waals surface area contributed by atoms with E-state index in [1.54, 1.807) is 6.20 Å². The van der Waals surface area contributed by atoms with Gasteiger partial charge in [-0.1, -0.05) is 151 Å². The molecule has 598 valence electrons. The maximum absolute atomic E-state index is 12.8. The second kappa shape index (κ2) is 39.3. The summed E-state index contributed by atoms with van der Waals surface area (Å²) >= 11 is 2.88. The van der Waals surface area contributed by atoms with Crippen LogP contribution in [0, 0.1) is 23.7 Å². The first-order valence-corrected chi connectivity index (χ1v) is 42.5. The number of carbonyl (C=O) groups excluding carboxylic acids is 4. The molecule has 8 aromatic heterocycles. The Morgan fingerprint density at radius 2 is 0.761 bits per heavy atom. The van der Waals surface area contributed by atoms with E-state index in [1.165, 1.54) is 72.9 Å². The molecule has 0 spiro atoms. The molecule has 0 bridgehead atoms. The smallest absolute Gasteiger partial charge is 0.297 e. The van der Waals surface area contributed by atoms with E-state index in [-0.39, 0.29) is 46.8 Å². The standard InChI is InChI=1S/C22H29N5OS.C22H28N4O2.C21H28N6O.C21H27N5OS/c1-3-8-26-9-11-27(12-10-26)22-25-24-21(29-22)20(28)14-16(2)13-17-15-23-19-7-5-4-6-18(17)19;1-3-25-8-10-26(11-9-25)22-24-15-21(28-22)20(27)13-16(2)12-17-14-23-19-7-5-4-6-18(17)19;1-3-26-8-10-27(11-9-26)21-23-20(24-25-21)19(28)13-15(2)12-16-14-22-18-7-5-4-6-17(16)18;1-3-25-8-10-26(11-9-25)21-24-23-20(28-21)19(27)13-15(2)12-16-14-22-18-7-5-4-6-17(16)18/h4-7,15-16,23H,3,8-14H2,1-2H3;4-7,14-16,23H,3,8-13H2,1-2H3;4-7,14-15,22H,3,8-13H2,1-2H3,(H,23,24,25);4-7,14-15,22H,3,8-13H2,1-2H3. The van der Waals surface area contributed by atoms with E-state index in [4.69, 9.17) is 4.42 Å². The van der Waals surface area contributed by atoms with Gasteiger partial charge < -0.3 is 58.7 Å². The number of likely N-dealkylation sites (N-methyl/N-ethyl adjacent to an activating group) is 3. The fourth-order valence-electron chi connectivity index (χ4n) is 15.9. The second-order valence-corrected chi connectivity index (χ2v) is 33.0. The zero-order chi connectivity index (χ0) is 78.7. The summed E-state index contributed by atoms with van der Waals surface area (Å²) in [6, 6.07) is 33.7. The predicted molar refractivity (Wildman–Crippen MR) is 455 cm³/mol. The number of piperazine rings is 4. The molecule has 4 saturated heterocycles. The van der Waals surface area contributed by atoms with Crippen LogP contribution in [-0.2, 0) is 25.7 Å². The monoisotopic (exact) mass is 1570 g/mol. The van der Waals surface area contributed by atoms with Crippen molar-refractivity contribution in [3.63, 3.8) is 0 Å². The highest BCUT2D eigenvalue weighted by Crippen LogP contribution is 2.31. The molecule has 113 heavy (non-hydrogen) atoms. The number of hydrogen-bond donors (Lipinski definition) is 5. The van der Waals surface area contributed by atoms with Crippen LogP contribution in [0.4, 0.5) is 22.2 Å². The Morgan fingerprint density at radius 3 is 1.14 bits per heavy atom. The number of nitrogens with one attached hydrogen (secondary N) is 5. The Labute approximate surface area is 670 Å². The molecule has 27 heteroatoms. The van der Waals surface area contributed by atoms with Crippen LogP contribution >= 0.6 is 22.7 Å². The lowest BCUT2D eigenvalue weighted by atomic mass is 9.95. The molecule has 4 unspecified atom stereocenters. The van der Waals surface area contributed by atoms with Gasteiger partial charge >= 0.3 is 0 Å². The van der Waals surface area contributed by atoms with Gasteiger partial charge in [0.2, 0.25) is 16.2 Å². The van der Waals surface area contributed by atoms with E-state index < -0.39 is 0 Å². The maximum atomic E-state index is 12.8. The first-order valence-electron chi connectivity index (χ1n) is 40.8. The molecule has 4 aliphatic heterocycles. The number of anilines is 4. The minimum atomic E-state index is 0.0262. The number of fused-ring (bicyclic) bond motifs is 4. The summed E-state index contributed by atoms with van der Waals surface area (Å²) in [4.78, 5) is 91.4. The zero-order valence-electron chi connectivity index (χ0n) is 67.0. The molecule has 0 amide bonds. The number of H-pyrrole nitrogens is 5. The van der Waals surface area contributed by atoms with Gasteiger partial charge in [0.15, 0.2) is 44.7 Å². The van der Waals surface area contributed by atoms with Gasteiger partial charge in [-0.05, 0) is 128 Å². The molecule has 4 aromatic carbocycles. The van der Waals surface area contributed by atoms with Crippen molar-refractivity contribution in [2.24, 2.45) is 23.7 Å². The fourth-order valence-corrected chi connectivity index (χ4v) is 17.5. The van der Waals surface area contributed by atoms with Crippen LogP contribution in [0.3, 0.4) is 0 Å². The van der Waals surface area contributed by atoms with E-state index in [2.05, 4.69) is 228 Å².